The first-order valence-electron chi connectivity index (χ1n) is 11.2. The molecule has 9 heteroatoms. The zero-order valence-electron chi connectivity index (χ0n) is 18.6. The Bertz CT molecular complexity index is 1400. The van der Waals surface area contributed by atoms with Crippen molar-refractivity contribution in [2.45, 2.75) is 38.5 Å². The fourth-order valence-corrected chi connectivity index (χ4v) is 4.84. The van der Waals surface area contributed by atoms with Gasteiger partial charge in [0.25, 0.3) is 0 Å². The van der Waals surface area contributed by atoms with Crippen molar-refractivity contribution in [2.75, 3.05) is 5.73 Å². The number of aliphatic carboxylic acids is 1. The molecule has 0 amide bonds. The van der Waals surface area contributed by atoms with Crippen LogP contribution in [0.25, 0.3) is 22.5 Å². The van der Waals surface area contributed by atoms with Crippen molar-refractivity contribution in [3.05, 3.63) is 66.0 Å². The second kappa shape index (κ2) is 8.40. The summed E-state index contributed by atoms with van der Waals surface area (Å²) < 4.78 is 16.6. The highest BCUT2D eigenvalue weighted by Gasteiger charge is 2.31. The van der Waals surface area contributed by atoms with Gasteiger partial charge in [0.1, 0.15) is 11.6 Å². The Kier molecular flexibility index (Phi) is 5.39. The van der Waals surface area contributed by atoms with E-state index in [9.17, 15) is 19.1 Å². The minimum atomic E-state index is -0.781. The van der Waals surface area contributed by atoms with Gasteiger partial charge in [0.15, 0.2) is 11.4 Å². The number of carbonyl (C=O) groups is 2. The van der Waals surface area contributed by atoms with Crippen molar-refractivity contribution >= 4 is 23.2 Å². The number of aromatic nitrogens is 4. The molecule has 4 aromatic rings. The Labute approximate surface area is 194 Å². The van der Waals surface area contributed by atoms with Gasteiger partial charge in [-0.15, -0.1) is 0 Å². The van der Waals surface area contributed by atoms with E-state index in [-0.39, 0.29) is 29.3 Å². The first-order valence-corrected chi connectivity index (χ1v) is 11.2. The lowest BCUT2D eigenvalue weighted by Crippen LogP contribution is -2.23. The number of fused-ring (bicyclic) bond motifs is 1. The molecule has 0 aliphatic heterocycles. The van der Waals surface area contributed by atoms with Crippen LogP contribution < -0.4 is 5.73 Å². The number of carboxylic acid groups (broad SMARTS) is 1. The second-order valence-corrected chi connectivity index (χ2v) is 8.78. The summed E-state index contributed by atoms with van der Waals surface area (Å²) in [5, 5.41) is 13.7. The zero-order valence-corrected chi connectivity index (χ0v) is 18.6. The van der Waals surface area contributed by atoms with Gasteiger partial charge in [-0.05, 0) is 62.9 Å². The van der Waals surface area contributed by atoms with Gasteiger partial charge < -0.3 is 15.4 Å². The molecule has 1 aliphatic rings. The van der Waals surface area contributed by atoms with E-state index in [2.05, 4.69) is 5.10 Å². The standard InChI is InChI=1S/C25H24FN5O3/c1-14(32)21-22(15-2-4-16(5-3-15)25(33)34)29-24-20(12-28-31(24)23(21)27)17-10-11-30(13-17)19-8-6-18(26)7-9-19/h6-13,15-16H,2-5,27H2,1H3,(H,33,34). The van der Waals surface area contributed by atoms with Crippen molar-refractivity contribution in [3.63, 3.8) is 0 Å². The molecule has 1 fully saturated rings. The first-order chi connectivity index (χ1) is 16.3. The molecule has 0 unspecified atom stereocenters. The van der Waals surface area contributed by atoms with Gasteiger partial charge in [-0.1, -0.05) is 0 Å². The lowest BCUT2D eigenvalue weighted by molar-refractivity contribution is -0.142. The number of anilines is 1. The lowest BCUT2D eigenvalue weighted by atomic mass is 9.79. The van der Waals surface area contributed by atoms with Gasteiger partial charge in [0, 0.05) is 35.1 Å². The van der Waals surface area contributed by atoms with Crippen LogP contribution in [-0.4, -0.2) is 36.0 Å². The number of ketones is 1. The molecule has 3 N–H and O–H groups in total. The van der Waals surface area contributed by atoms with Crippen molar-refractivity contribution in [1.82, 2.24) is 19.2 Å². The number of carboxylic acids is 1. The molecule has 3 heterocycles. The quantitative estimate of drug-likeness (QED) is 0.424. The Morgan fingerprint density at radius 1 is 1.12 bits per heavy atom. The Morgan fingerprint density at radius 2 is 1.82 bits per heavy atom. The van der Waals surface area contributed by atoms with Crippen LogP contribution in [0, 0.1) is 11.7 Å². The molecule has 5 rings (SSSR count). The van der Waals surface area contributed by atoms with Gasteiger partial charge in [-0.3, -0.25) is 9.59 Å². The third-order valence-electron chi connectivity index (χ3n) is 6.65. The van der Waals surface area contributed by atoms with Crippen molar-refractivity contribution in [2.24, 2.45) is 5.92 Å². The largest absolute Gasteiger partial charge is 0.481 e. The van der Waals surface area contributed by atoms with Crippen molar-refractivity contribution in [3.8, 4) is 16.8 Å². The van der Waals surface area contributed by atoms with E-state index in [1.807, 2.05) is 23.0 Å². The van der Waals surface area contributed by atoms with E-state index in [4.69, 9.17) is 10.7 Å². The summed E-state index contributed by atoms with van der Waals surface area (Å²) in [6.07, 6.45) is 7.77. The predicted octanol–water partition coefficient (Wildman–Crippen LogP) is 4.47. The Balaban J connectivity index is 1.57. The van der Waals surface area contributed by atoms with Crippen LogP contribution in [0.4, 0.5) is 10.2 Å². The summed E-state index contributed by atoms with van der Waals surface area (Å²) in [7, 11) is 0. The number of hydrogen-bond acceptors (Lipinski definition) is 5. The van der Waals surface area contributed by atoms with Crippen LogP contribution in [0.15, 0.2) is 48.9 Å². The smallest absolute Gasteiger partial charge is 0.306 e. The fraction of sp³-hybridized carbons (Fsp3) is 0.280. The van der Waals surface area contributed by atoms with E-state index in [0.29, 0.717) is 42.6 Å². The maximum absolute atomic E-state index is 13.3. The highest BCUT2D eigenvalue weighted by molar-refractivity contribution is 6.00. The number of carbonyl (C=O) groups excluding carboxylic acids is 1. The van der Waals surface area contributed by atoms with Crippen LogP contribution in [0.2, 0.25) is 0 Å². The molecule has 0 spiro atoms. The molecular weight excluding hydrogens is 437 g/mol. The number of nitrogens with two attached hydrogens (primary N) is 1. The molecule has 1 saturated carbocycles. The number of nitrogen functional groups attached to an aromatic ring is 1. The van der Waals surface area contributed by atoms with Crippen molar-refractivity contribution < 1.29 is 19.1 Å². The second-order valence-electron chi connectivity index (χ2n) is 8.78. The maximum Gasteiger partial charge on any atom is 0.306 e. The summed E-state index contributed by atoms with van der Waals surface area (Å²) in [5.41, 5.74) is 10.3. The molecule has 34 heavy (non-hydrogen) atoms. The number of Topliss-reactive ketones (excluding diaryl/α,β-unsaturated/α-hetero) is 1. The van der Waals surface area contributed by atoms with Gasteiger partial charge in [-0.2, -0.15) is 9.61 Å². The van der Waals surface area contributed by atoms with Gasteiger partial charge in [0.2, 0.25) is 0 Å². The summed E-state index contributed by atoms with van der Waals surface area (Å²) >= 11 is 0. The van der Waals surface area contributed by atoms with E-state index in [1.165, 1.54) is 23.6 Å². The van der Waals surface area contributed by atoms with E-state index >= 15 is 0 Å². The van der Waals surface area contributed by atoms with Crippen LogP contribution >= 0.6 is 0 Å². The van der Waals surface area contributed by atoms with E-state index < -0.39 is 5.97 Å². The summed E-state index contributed by atoms with van der Waals surface area (Å²) in [5.74, 6) is -1.45. The lowest BCUT2D eigenvalue weighted by Gasteiger charge is -2.27. The summed E-state index contributed by atoms with van der Waals surface area (Å²) in [6, 6.07) is 8.10. The van der Waals surface area contributed by atoms with Gasteiger partial charge in [0.05, 0.1) is 23.4 Å². The highest BCUT2D eigenvalue weighted by Crippen LogP contribution is 2.39. The van der Waals surface area contributed by atoms with Crippen LogP contribution in [0.3, 0.4) is 0 Å². The molecule has 0 bridgehead atoms. The first kappa shape index (κ1) is 21.8. The number of halogens is 1. The molecule has 3 aromatic heterocycles. The normalized spacial score (nSPS) is 18.3. The predicted molar refractivity (Wildman–Crippen MR) is 124 cm³/mol. The molecular formula is C25H24FN5O3. The molecule has 1 aliphatic carbocycles. The van der Waals surface area contributed by atoms with Crippen LogP contribution in [0.5, 0.6) is 0 Å². The average Bonchev–Trinajstić information content (AvgIpc) is 3.46. The zero-order chi connectivity index (χ0) is 24.0. The Hall–Kier alpha value is -4.01. The van der Waals surface area contributed by atoms with Gasteiger partial charge >= 0.3 is 5.97 Å². The Morgan fingerprint density at radius 3 is 2.47 bits per heavy atom. The van der Waals surface area contributed by atoms with Crippen LogP contribution in [-0.2, 0) is 4.79 Å². The monoisotopic (exact) mass is 461 g/mol. The summed E-state index contributed by atoms with van der Waals surface area (Å²) in [6.45, 7) is 1.46. The van der Waals surface area contributed by atoms with Crippen LogP contribution in [0.1, 0.15) is 54.6 Å². The van der Waals surface area contributed by atoms with Gasteiger partial charge in [-0.25, -0.2) is 9.37 Å². The van der Waals surface area contributed by atoms with Crippen molar-refractivity contribution in [1.29, 1.82) is 0 Å². The number of benzene rings is 1. The molecule has 1 aromatic carbocycles. The molecule has 174 valence electrons. The minimum absolute atomic E-state index is 0.0478. The molecule has 0 saturated heterocycles. The number of rotatable bonds is 5. The SMILES string of the molecule is CC(=O)c1c(C2CCC(C(=O)O)CC2)nc2c(-c3ccn(-c4ccc(F)cc4)c3)cnn2c1N. The third kappa shape index (κ3) is 3.72. The average molecular weight is 461 g/mol. The third-order valence-corrected chi connectivity index (χ3v) is 6.65. The summed E-state index contributed by atoms with van der Waals surface area (Å²) in [4.78, 5) is 28.8. The van der Waals surface area contributed by atoms with E-state index in [1.54, 1.807) is 18.3 Å². The fourth-order valence-electron chi connectivity index (χ4n) is 4.84. The minimum Gasteiger partial charge on any atom is -0.481 e. The number of hydrogen-bond donors (Lipinski definition) is 2. The maximum atomic E-state index is 13.3. The highest BCUT2D eigenvalue weighted by atomic mass is 19.1. The number of nitrogens with zero attached hydrogens (tertiary/aromatic N) is 4. The van der Waals surface area contributed by atoms with E-state index in [0.717, 1.165) is 16.8 Å². The molecule has 0 radical (unpaired) electrons. The molecule has 0 atom stereocenters. The topological polar surface area (TPSA) is 116 Å². The molecule has 8 nitrogen and oxygen atoms in total.